The first kappa shape index (κ1) is 19.8. The smallest absolute Gasteiger partial charge is 0.223 e. The summed E-state index contributed by atoms with van der Waals surface area (Å²) in [6.45, 7) is 2.57. The van der Waals surface area contributed by atoms with Crippen molar-refractivity contribution in [3.8, 4) is 28.5 Å². The van der Waals surface area contributed by atoms with Gasteiger partial charge in [0.2, 0.25) is 5.91 Å². The van der Waals surface area contributed by atoms with Gasteiger partial charge in [-0.2, -0.15) is 5.26 Å². The molecule has 0 saturated heterocycles. The van der Waals surface area contributed by atoms with Gasteiger partial charge in [-0.25, -0.2) is 9.07 Å². The van der Waals surface area contributed by atoms with Crippen LogP contribution in [0.2, 0.25) is 0 Å². The Hall–Kier alpha value is -3.53. The first-order valence-electron chi connectivity index (χ1n) is 10.1. The number of benzene rings is 2. The van der Waals surface area contributed by atoms with Crippen LogP contribution in [0.25, 0.3) is 22.4 Å². The Morgan fingerprint density at radius 3 is 2.63 bits per heavy atom. The fourth-order valence-electron chi connectivity index (χ4n) is 4.08. The molecule has 1 amide bonds. The van der Waals surface area contributed by atoms with Gasteiger partial charge in [0.25, 0.3) is 0 Å². The first-order chi connectivity index (χ1) is 14.6. The highest BCUT2D eigenvalue weighted by molar-refractivity contribution is 5.79. The minimum absolute atomic E-state index is 0.0145. The number of hydrogen-bond acceptors (Lipinski definition) is 4. The predicted molar refractivity (Wildman–Crippen MR) is 111 cm³/mol. The summed E-state index contributed by atoms with van der Waals surface area (Å²) >= 11 is 0. The molecule has 1 heterocycles. The van der Waals surface area contributed by atoms with E-state index in [9.17, 15) is 9.18 Å². The maximum Gasteiger partial charge on any atom is 0.223 e. The van der Waals surface area contributed by atoms with E-state index in [0.717, 1.165) is 36.1 Å². The lowest BCUT2D eigenvalue weighted by atomic mass is 10.0. The van der Waals surface area contributed by atoms with Crippen LogP contribution < -0.4 is 5.32 Å². The summed E-state index contributed by atoms with van der Waals surface area (Å²) in [6.07, 6.45) is 4.22. The minimum Gasteiger partial charge on any atom is -0.356 e. The maximum atomic E-state index is 13.9. The molecule has 1 fully saturated rings. The van der Waals surface area contributed by atoms with Gasteiger partial charge < -0.3 is 5.32 Å². The van der Waals surface area contributed by atoms with Crippen LogP contribution >= 0.6 is 0 Å². The summed E-state index contributed by atoms with van der Waals surface area (Å²) in [5, 5.41) is 20.2. The number of nitriles is 1. The number of carbonyl (C=O) groups excluding carboxylic acids is 1. The second kappa shape index (κ2) is 8.46. The molecule has 1 unspecified atom stereocenters. The number of nitrogens with one attached hydrogen (secondary N) is 1. The highest BCUT2D eigenvalue weighted by Crippen LogP contribution is 2.37. The molecule has 0 bridgehead atoms. The third-order valence-electron chi connectivity index (χ3n) is 5.65. The van der Waals surface area contributed by atoms with E-state index >= 15 is 0 Å². The van der Waals surface area contributed by atoms with Crippen molar-refractivity contribution in [3.63, 3.8) is 0 Å². The third-order valence-corrected chi connectivity index (χ3v) is 5.65. The highest BCUT2D eigenvalue weighted by Gasteiger charge is 2.32. The van der Waals surface area contributed by atoms with E-state index in [0.29, 0.717) is 12.1 Å². The molecule has 6 nitrogen and oxygen atoms in total. The largest absolute Gasteiger partial charge is 0.356 e. The summed E-state index contributed by atoms with van der Waals surface area (Å²) < 4.78 is 15.8. The number of carbonyl (C=O) groups is 1. The van der Waals surface area contributed by atoms with E-state index in [4.69, 9.17) is 5.26 Å². The van der Waals surface area contributed by atoms with Crippen LogP contribution in [0.5, 0.6) is 0 Å². The highest BCUT2D eigenvalue weighted by atomic mass is 19.1. The maximum absolute atomic E-state index is 13.9. The van der Waals surface area contributed by atoms with Gasteiger partial charge in [0, 0.05) is 18.0 Å². The lowest BCUT2D eigenvalue weighted by Gasteiger charge is -2.14. The van der Waals surface area contributed by atoms with Crippen LogP contribution in [-0.4, -0.2) is 27.4 Å². The monoisotopic (exact) mass is 403 g/mol. The zero-order valence-electron chi connectivity index (χ0n) is 16.7. The van der Waals surface area contributed by atoms with Gasteiger partial charge in [0.15, 0.2) is 0 Å². The molecular weight excluding hydrogens is 381 g/mol. The predicted octanol–water partition coefficient (Wildman–Crippen LogP) is 4.10. The van der Waals surface area contributed by atoms with E-state index in [1.54, 1.807) is 12.3 Å². The van der Waals surface area contributed by atoms with E-state index in [1.165, 1.54) is 12.1 Å². The van der Waals surface area contributed by atoms with Gasteiger partial charge in [-0.05, 0) is 49.4 Å². The topological polar surface area (TPSA) is 83.6 Å². The average Bonchev–Trinajstić information content (AvgIpc) is 3.43. The molecule has 0 spiro atoms. The van der Waals surface area contributed by atoms with Gasteiger partial charge in [-0.3, -0.25) is 4.79 Å². The normalized spacial score (nSPS) is 18.2. The van der Waals surface area contributed by atoms with Crippen LogP contribution in [0, 0.1) is 23.1 Å². The number of rotatable bonds is 5. The Morgan fingerprint density at radius 2 is 1.93 bits per heavy atom. The molecule has 0 aliphatic heterocycles. The number of aromatic nitrogens is 3. The van der Waals surface area contributed by atoms with Crippen molar-refractivity contribution in [1.82, 2.24) is 20.3 Å². The number of amides is 1. The second-order valence-corrected chi connectivity index (χ2v) is 7.51. The molecule has 0 radical (unpaired) electrons. The van der Waals surface area contributed by atoms with Crippen molar-refractivity contribution in [3.05, 3.63) is 60.0 Å². The van der Waals surface area contributed by atoms with Gasteiger partial charge in [-0.1, -0.05) is 35.5 Å². The lowest BCUT2D eigenvalue weighted by molar-refractivity contribution is -0.124. The molecule has 2 aromatic carbocycles. The molecule has 1 saturated carbocycles. The van der Waals surface area contributed by atoms with Crippen LogP contribution in [0.15, 0.2) is 48.7 Å². The molecule has 7 heteroatoms. The molecule has 1 aliphatic carbocycles. The van der Waals surface area contributed by atoms with E-state index in [1.807, 2.05) is 41.9 Å². The van der Waals surface area contributed by atoms with Gasteiger partial charge in [0.1, 0.15) is 11.9 Å². The fourth-order valence-corrected chi connectivity index (χ4v) is 4.08. The zero-order chi connectivity index (χ0) is 21.1. The van der Waals surface area contributed by atoms with Gasteiger partial charge >= 0.3 is 0 Å². The summed E-state index contributed by atoms with van der Waals surface area (Å²) in [7, 11) is 0. The average molecular weight is 403 g/mol. The van der Waals surface area contributed by atoms with Crippen molar-refractivity contribution >= 4 is 5.91 Å². The van der Waals surface area contributed by atoms with Crippen molar-refractivity contribution in [2.24, 2.45) is 5.92 Å². The Kier molecular flexibility index (Phi) is 5.57. The molecule has 1 aliphatic rings. The van der Waals surface area contributed by atoms with Gasteiger partial charge in [-0.15, -0.1) is 5.10 Å². The number of halogens is 1. The summed E-state index contributed by atoms with van der Waals surface area (Å²) in [6, 6.07) is 14.3. The van der Waals surface area contributed by atoms with Crippen LogP contribution in [0.4, 0.5) is 4.39 Å². The SMILES string of the molecule is CCNC(=O)C1CC[C@@H](n2nncc2-c2ccc(-c3ccc(C#N)c(F)c3)cc2)C1. The van der Waals surface area contributed by atoms with Crippen molar-refractivity contribution in [2.75, 3.05) is 6.54 Å². The Bertz CT molecular complexity index is 1100. The molecule has 4 rings (SSSR count). The van der Waals surface area contributed by atoms with E-state index < -0.39 is 5.82 Å². The molecule has 2 atom stereocenters. The van der Waals surface area contributed by atoms with Crippen LogP contribution in [-0.2, 0) is 4.79 Å². The number of nitrogens with zero attached hydrogens (tertiary/aromatic N) is 4. The standard InChI is InChI=1S/C23H22FN5O/c1-2-26-23(30)18-9-10-20(11-18)29-22(14-27-28-29)16-5-3-15(4-6-16)17-7-8-19(13-25)21(24)12-17/h3-8,12,14,18,20H,2,9-11H2,1H3,(H,26,30)/t18?,20-/m1/s1. The second-order valence-electron chi connectivity index (χ2n) is 7.51. The molecular formula is C23H22FN5O. The van der Waals surface area contributed by atoms with E-state index in [-0.39, 0.29) is 23.4 Å². The summed E-state index contributed by atoms with van der Waals surface area (Å²) in [5.41, 5.74) is 3.46. The van der Waals surface area contributed by atoms with Gasteiger partial charge in [0.05, 0.1) is 23.5 Å². The first-order valence-corrected chi connectivity index (χ1v) is 10.1. The minimum atomic E-state index is -0.524. The molecule has 30 heavy (non-hydrogen) atoms. The lowest BCUT2D eigenvalue weighted by Crippen LogP contribution is -2.29. The molecule has 1 aromatic heterocycles. The fraction of sp³-hybridized carbons (Fsp3) is 0.304. The van der Waals surface area contributed by atoms with Crippen molar-refractivity contribution in [1.29, 1.82) is 5.26 Å². The Morgan fingerprint density at radius 1 is 1.20 bits per heavy atom. The number of hydrogen-bond donors (Lipinski definition) is 1. The quantitative estimate of drug-likeness (QED) is 0.695. The molecule has 3 aromatic rings. The van der Waals surface area contributed by atoms with Crippen LogP contribution in [0.1, 0.15) is 37.8 Å². The van der Waals surface area contributed by atoms with Crippen molar-refractivity contribution < 1.29 is 9.18 Å². The summed E-state index contributed by atoms with van der Waals surface area (Å²) in [5.74, 6) is -0.398. The Labute approximate surface area is 174 Å². The summed E-state index contributed by atoms with van der Waals surface area (Å²) in [4.78, 5) is 12.2. The third kappa shape index (κ3) is 3.81. The zero-order valence-corrected chi connectivity index (χ0v) is 16.7. The van der Waals surface area contributed by atoms with Crippen LogP contribution in [0.3, 0.4) is 0 Å². The van der Waals surface area contributed by atoms with Crippen molar-refractivity contribution in [2.45, 2.75) is 32.2 Å². The molecule has 1 N–H and O–H groups in total. The van der Waals surface area contributed by atoms with E-state index in [2.05, 4.69) is 15.6 Å². The molecule has 152 valence electrons. The Balaban J connectivity index is 1.54.